The summed E-state index contributed by atoms with van der Waals surface area (Å²) in [6.45, 7) is 8.21. The molecule has 2 rings (SSSR count). The van der Waals surface area contributed by atoms with E-state index in [-0.39, 0.29) is 18.3 Å². The number of hydrogen-bond donors (Lipinski definition) is 0. The zero-order valence-corrected chi connectivity index (χ0v) is 11.2. The van der Waals surface area contributed by atoms with Gasteiger partial charge in [-0.25, -0.2) is 0 Å². The molecule has 1 aromatic heterocycles. The molecule has 0 atom stereocenters. The third kappa shape index (κ3) is 1.87. The molecule has 0 saturated carbocycles. The van der Waals surface area contributed by atoms with Crippen molar-refractivity contribution in [2.45, 2.75) is 38.9 Å². The van der Waals surface area contributed by atoms with Crippen molar-refractivity contribution in [3.63, 3.8) is 0 Å². The van der Waals surface area contributed by atoms with Crippen molar-refractivity contribution in [3.8, 4) is 5.75 Å². The van der Waals surface area contributed by atoms with Gasteiger partial charge in [-0.1, -0.05) is 0 Å². The largest absolute Gasteiger partial charge is 0.505 e. The highest BCUT2D eigenvalue weighted by atomic mass is 32.1. The van der Waals surface area contributed by atoms with Crippen LogP contribution < -0.4 is 9.51 Å². The lowest BCUT2D eigenvalue weighted by molar-refractivity contribution is 0.00578. The Morgan fingerprint density at radius 3 is 2.19 bits per heavy atom. The topological polar surface area (TPSA) is 27.7 Å². The quantitative estimate of drug-likeness (QED) is 0.740. The maximum absolute atomic E-state index is 5.94. The molecule has 3 nitrogen and oxygen atoms in total. The summed E-state index contributed by atoms with van der Waals surface area (Å²) in [6, 6.07) is 1.97. The van der Waals surface area contributed by atoms with Crippen molar-refractivity contribution in [3.05, 3.63) is 11.4 Å². The molecular formula is C11H17BO3S. The number of hydrogen-bond acceptors (Lipinski definition) is 4. The summed E-state index contributed by atoms with van der Waals surface area (Å²) in [5.74, 6) is 0.856. The van der Waals surface area contributed by atoms with Gasteiger partial charge in [-0.2, -0.15) is 0 Å². The molecule has 2 heterocycles. The van der Waals surface area contributed by atoms with E-state index < -0.39 is 0 Å². The van der Waals surface area contributed by atoms with Crippen molar-refractivity contribution >= 4 is 23.2 Å². The molecule has 16 heavy (non-hydrogen) atoms. The van der Waals surface area contributed by atoms with Crippen LogP contribution in [0.3, 0.4) is 0 Å². The lowest BCUT2D eigenvalue weighted by atomic mass is 9.88. The highest BCUT2D eigenvalue weighted by Gasteiger charge is 2.52. The van der Waals surface area contributed by atoms with E-state index >= 15 is 0 Å². The molecule has 0 bridgehead atoms. The Bertz CT molecular complexity index is 370. The van der Waals surface area contributed by atoms with Gasteiger partial charge in [-0.05, 0) is 33.8 Å². The normalized spacial score (nSPS) is 22.4. The van der Waals surface area contributed by atoms with Crippen LogP contribution in [0.2, 0.25) is 0 Å². The van der Waals surface area contributed by atoms with Gasteiger partial charge >= 0.3 is 7.12 Å². The molecule has 1 aliphatic rings. The average molecular weight is 240 g/mol. The van der Waals surface area contributed by atoms with E-state index in [9.17, 15) is 0 Å². The summed E-state index contributed by atoms with van der Waals surface area (Å²) in [4.78, 5) is 0. The Kier molecular flexibility index (Phi) is 2.81. The number of rotatable bonds is 2. The first-order chi connectivity index (χ1) is 7.36. The highest BCUT2D eigenvalue weighted by Crippen LogP contribution is 2.37. The molecule has 1 aliphatic heterocycles. The standard InChI is InChI=1S/C11H17BO3S/c1-10(2)11(3,4)15-12(14-10)9-6-8(13-5)7-16-9/h6-7H,1-5H3. The number of thiophene rings is 1. The van der Waals surface area contributed by atoms with Crippen LogP contribution in [-0.4, -0.2) is 25.4 Å². The van der Waals surface area contributed by atoms with Crippen molar-refractivity contribution in [1.29, 1.82) is 0 Å². The van der Waals surface area contributed by atoms with Crippen LogP contribution >= 0.6 is 11.3 Å². The fourth-order valence-electron chi connectivity index (χ4n) is 1.52. The molecule has 5 heteroatoms. The zero-order valence-electron chi connectivity index (χ0n) is 10.4. The van der Waals surface area contributed by atoms with Crippen molar-refractivity contribution in [1.82, 2.24) is 0 Å². The van der Waals surface area contributed by atoms with Crippen LogP contribution in [0.4, 0.5) is 0 Å². The van der Waals surface area contributed by atoms with Crippen LogP contribution in [0.1, 0.15) is 27.7 Å². The van der Waals surface area contributed by atoms with Gasteiger partial charge in [0.2, 0.25) is 0 Å². The summed E-state index contributed by atoms with van der Waals surface area (Å²) in [5.41, 5.74) is -0.566. The molecule has 1 aromatic rings. The van der Waals surface area contributed by atoms with Crippen molar-refractivity contribution < 1.29 is 14.0 Å². The Hall–Kier alpha value is -0.515. The zero-order chi connectivity index (χ0) is 12.0. The Balaban J connectivity index is 2.20. The van der Waals surface area contributed by atoms with Crippen LogP contribution in [-0.2, 0) is 9.31 Å². The molecule has 0 aliphatic carbocycles. The first-order valence-corrected chi connectivity index (χ1v) is 6.22. The fraction of sp³-hybridized carbons (Fsp3) is 0.636. The highest BCUT2D eigenvalue weighted by molar-refractivity contribution is 7.21. The maximum atomic E-state index is 5.94. The average Bonchev–Trinajstić information content (AvgIpc) is 2.70. The number of ether oxygens (including phenoxy) is 1. The van der Waals surface area contributed by atoms with E-state index in [4.69, 9.17) is 14.0 Å². The fourth-order valence-corrected chi connectivity index (χ4v) is 2.33. The van der Waals surface area contributed by atoms with Gasteiger partial charge in [-0.15, -0.1) is 11.3 Å². The molecule has 0 radical (unpaired) electrons. The minimum Gasteiger partial charge on any atom is -0.496 e. The molecule has 1 saturated heterocycles. The lowest BCUT2D eigenvalue weighted by Gasteiger charge is -2.32. The second kappa shape index (κ2) is 3.76. The van der Waals surface area contributed by atoms with E-state index in [2.05, 4.69) is 27.7 Å². The Morgan fingerprint density at radius 2 is 1.75 bits per heavy atom. The molecule has 0 aromatic carbocycles. The molecule has 0 spiro atoms. The Morgan fingerprint density at radius 1 is 1.19 bits per heavy atom. The molecule has 1 fully saturated rings. The van der Waals surface area contributed by atoms with Gasteiger partial charge in [0.15, 0.2) is 0 Å². The smallest absolute Gasteiger partial charge is 0.496 e. The third-order valence-corrected chi connectivity index (χ3v) is 4.25. The van der Waals surface area contributed by atoms with Gasteiger partial charge in [0.05, 0.1) is 18.3 Å². The molecular weight excluding hydrogens is 223 g/mol. The summed E-state index contributed by atoms with van der Waals surface area (Å²) in [5, 5.41) is 1.96. The number of methoxy groups -OCH3 is 1. The molecule has 0 N–H and O–H groups in total. The predicted molar refractivity (Wildman–Crippen MR) is 66.6 cm³/mol. The third-order valence-electron chi connectivity index (χ3n) is 3.32. The van der Waals surface area contributed by atoms with E-state index in [1.54, 1.807) is 18.4 Å². The first-order valence-electron chi connectivity index (χ1n) is 5.34. The van der Waals surface area contributed by atoms with Gasteiger partial charge in [0, 0.05) is 10.2 Å². The maximum Gasteiger partial charge on any atom is 0.505 e. The van der Waals surface area contributed by atoms with E-state index in [0.29, 0.717) is 0 Å². The SMILES string of the molecule is COc1csc(B2OC(C)(C)C(C)(C)O2)c1. The molecule has 0 unspecified atom stereocenters. The minimum absolute atomic E-state index is 0.279. The lowest BCUT2D eigenvalue weighted by Crippen LogP contribution is -2.41. The summed E-state index contributed by atoms with van der Waals surface area (Å²) < 4.78 is 18.1. The minimum atomic E-state index is -0.283. The molecule has 88 valence electrons. The first kappa shape index (κ1) is 12.0. The van der Waals surface area contributed by atoms with Crippen molar-refractivity contribution in [2.75, 3.05) is 7.11 Å². The van der Waals surface area contributed by atoms with E-state index in [1.165, 1.54) is 0 Å². The molecule has 0 amide bonds. The second-order valence-electron chi connectivity index (χ2n) is 4.98. The van der Waals surface area contributed by atoms with Gasteiger partial charge in [-0.3, -0.25) is 0 Å². The summed E-state index contributed by atoms with van der Waals surface area (Å²) in [7, 11) is 1.38. The van der Waals surface area contributed by atoms with E-state index in [1.807, 2.05) is 11.4 Å². The van der Waals surface area contributed by atoms with Gasteiger partial charge < -0.3 is 14.0 Å². The monoisotopic (exact) mass is 240 g/mol. The van der Waals surface area contributed by atoms with Crippen LogP contribution in [0.5, 0.6) is 5.75 Å². The van der Waals surface area contributed by atoms with Gasteiger partial charge in [0.25, 0.3) is 0 Å². The Labute approximate surface area is 101 Å². The van der Waals surface area contributed by atoms with Crippen LogP contribution in [0.15, 0.2) is 11.4 Å². The van der Waals surface area contributed by atoms with Crippen molar-refractivity contribution in [2.24, 2.45) is 0 Å². The van der Waals surface area contributed by atoms with Crippen LogP contribution in [0.25, 0.3) is 0 Å². The predicted octanol–water partition coefficient (Wildman–Crippen LogP) is 2.06. The van der Waals surface area contributed by atoms with E-state index in [0.717, 1.165) is 10.5 Å². The summed E-state index contributed by atoms with van der Waals surface area (Å²) >= 11 is 1.60. The summed E-state index contributed by atoms with van der Waals surface area (Å²) in [6.07, 6.45) is 0. The van der Waals surface area contributed by atoms with Crippen LogP contribution in [0, 0.1) is 0 Å². The second-order valence-corrected chi connectivity index (χ2v) is 5.92. The van der Waals surface area contributed by atoms with Gasteiger partial charge in [0.1, 0.15) is 5.75 Å².